The van der Waals surface area contributed by atoms with Crippen molar-refractivity contribution in [1.29, 1.82) is 0 Å². The van der Waals surface area contributed by atoms with Crippen molar-refractivity contribution in [2.45, 2.75) is 43.2 Å². The lowest BCUT2D eigenvalue weighted by Crippen LogP contribution is -2.29. The minimum Gasteiger partial charge on any atom is -0.494 e. The van der Waals surface area contributed by atoms with E-state index in [1.807, 2.05) is 12.1 Å². The monoisotopic (exact) mass is 541 g/mol. The van der Waals surface area contributed by atoms with Crippen molar-refractivity contribution in [3.63, 3.8) is 0 Å². The van der Waals surface area contributed by atoms with Crippen molar-refractivity contribution in [2.75, 3.05) is 32.1 Å². The minimum atomic E-state index is -0.644. The fourth-order valence-corrected chi connectivity index (χ4v) is 3.89. The fourth-order valence-electron chi connectivity index (χ4n) is 3.41. The number of piperidine rings is 1. The number of amides is 1. The van der Waals surface area contributed by atoms with Gasteiger partial charge in [0.2, 0.25) is 11.9 Å². The quantitative estimate of drug-likeness (QED) is 0.214. The van der Waals surface area contributed by atoms with Gasteiger partial charge in [-0.25, -0.2) is 9.48 Å². The van der Waals surface area contributed by atoms with E-state index < -0.39 is 5.97 Å². The second kappa shape index (κ2) is 12.0. The molecule has 0 unspecified atom stereocenters. The van der Waals surface area contributed by atoms with Gasteiger partial charge in [-0.1, -0.05) is 41.1 Å². The Bertz CT molecular complexity index is 882. The molecule has 1 aromatic heterocycles. The number of carbonyl (C=O) groups is 2. The summed E-state index contributed by atoms with van der Waals surface area (Å²) in [5.74, 6) is 0.114. The first-order valence-electron chi connectivity index (χ1n) is 10.4. The van der Waals surface area contributed by atoms with Crippen molar-refractivity contribution in [1.82, 2.24) is 19.7 Å². The summed E-state index contributed by atoms with van der Waals surface area (Å²) in [5.41, 5.74) is 1.25. The van der Waals surface area contributed by atoms with Crippen LogP contribution in [0.15, 0.2) is 24.3 Å². The number of aromatic nitrogens is 3. The van der Waals surface area contributed by atoms with Crippen LogP contribution in [0.4, 0.5) is 5.95 Å². The number of benzene rings is 1. The van der Waals surface area contributed by atoms with E-state index in [-0.39, 0.29) is 24.1 Å². The third-order valence-electron chi connectivity index (χ3n) is 4.97. The Morgan fingerprint density at radius 1 is 1.23 bits per heavy atom. The number of hydrogen-bond acceptors (Lipinski definition) is 7. The molecular weight excluding hydrogens is 513 g/mol. The van der Waals surface area contributed by atoms with Crippen LogP contribution in [0.25, 0.3) is 0 Å². The Balaban J connectivity index is 1.42. The molecule has 1 aromatic carbocycles. The molecule has 0 aliphatic carbocycles. The molecular formula is C21H28IN5O4. The molecule has 2 heterocycles. The number of likely N-dealkylation sites (tertiary alicyclic amines) is 1. The predicted molar refractivity (Wildman–Crippen MR) is 124 cm³/mol. The third-order valence-corrected chi connectivity index (χ3v) is 5.62. The van der Waals surface area contributed by atoms with Crippen molar-refractivity contribution in [3.05, 3.63) is 35.7 Å². The van der Waals surface area contributed by atoms with Crippen LogP contribution in [0.5, 0.6) is 5.75 Å². The standard InChI is InChI=1S/C21H28IN5O4/c1-30-20(29)19-24-21(27(15-22)25-19)23-18(28)9-6-12-31-17-8-5-7-16(13-17)14-26-10-3-2-4-11-26/h5,7-8,13H,2-4,6,9-12,14-15H2,1H3,(H,23,24,25,28). The van der Waals surface area contributed by atoms with Gasteiger partial charge in [0.1, 0.15) is 5.75 Å². The zero-order valence-corrected chi connectivity index (χ0v) is 19.8. The van der Waals surface area contributed by atoms with Gasteiger partial charge in [-0.3, -0.25) is 15.0 Å². The lowest BCUT2D eigenvalue weighted by atomic mass is 10.1. The first-order chi connectivity index (χ1) is 15.1. The molecule has 1 amide bonds. The van der Waals surface area contributed by atoms with Crippen LogP contribution >= 0.6 is 22.6 Å². The molecule has 0 bridgehead atoms. The van der Waals surface area contributed by atoms with Crippen LogP contribution in [-0.4, -0.2) is 58.3 Å². The van der Waals surface area contributed by atoms with Gasteiger partial charge in [-0.2, -0.15) is 4.98 Å². The Kier molecular flexibility index (Phi) is 9.07. The molecule has 2 aromatic rings. The fraction of sp³-hybridized carbons (Fsp3) is 0.524. The molecule has 0 atom stereocenters. The number of anilines is 1. The van der Waals surface area contributed by atoms with E-state index in [0.29, 0.717) is 17.6 Å². The van der Waals surface area contributed by atoms with Crippen molar-refractivity contribution < 1.29 is 19.1 Å². The number of esters is 1. The average molecular weight is 541 g/mol. The third kappa shape index (κ3) is 7.17. The van der Waals surface area contributed by atoms with Crippen LogP contribution in [0.1, 0.15) is 48.3 Å². The molecule has 1 fully saturated rings. The van der Waals surface area contributed by atoms with E-state index in [1.54, 1.807) is 0 Å². The minimum absolute atomic E-state index is 0.0813. The number of carbonyl (C=O) groups excluding carboxylic acids is 2. The number of halogens is 1. The SMILES string of the molecule is COC(=O)c1nc(NC(=O)CCCOc2cccc(CN3CCCCC3)c2)n(CI)n1. The van der Waals surface area contributed by atoms with Gasteiger partial charge >= 0.3 is 5.97 Å². The van der Waals surface area contributed by atoms with E-state index in [0.717, 1.165) is 25.4 Å². The summed E-state index contributed by atoms with van der Waals surface area (Å²) in [4.78, 5) is 30.3. The Morgan fingerprint density at radius 3 is 2.77 bits per heavy atom. The summed E-state index contributed by atoms with van der Waals surface area (Å²) in [7, 11) is 1.26. The number of rotatable bonds is 10. The topological polar surface area (TPSA) is 98.6 Å². The largest absolute Gasteiger partial charge is 0.494 e. The molecule has 10 heteroatoms. The number of nitrogens with one attached hydrogen (secondary N) is 1. The summed E-state index contributed by atoms with van der Waals surface area (Å²) in [5, 5.41) is 6.71. The van der Waals surface area contributed by atoms with E-state index in [1.165, 1.54) is 36.6 Å². The molecule has 3 rings (SSSR count). The van der Waals surface area contributed by atoms with Gasteiger partial charge in [-0.15, -0.1) is 5.10 Å². The summed E-state index contributed by atoms with van der Waals surface area (Å²) in [6.45, 7) is 3.71. The van der Waals surface area contributed by atoms with Gasteiger partial charge in [0.25, 0.3) is 5.82 Å². The summed E-state index contributed by atoms with van der Waals surface area (Å²) in [6, 6.07) is 8.15. The van der Waals surface area contributed by atoms with E-state index in [4.69, 9.17) is 4.74 Å². The van der Waals surface area contributed by atoms with Crippen molar-refractivity contribution in [2.24, 2.45) is 0 Å². The van der Waals surface area contributed by atoms with Gasteiger partial charge in [0, 0.05) is 13.0 Å². The maximum absolute atomic E-state index is 12.2. The van der Waals surface area contributed by atoms with Gasteiger partial charge in [-0.05, 0) is 50.0 Å². The molecule has 9 nitrogen and oxygen atoms in total. The molecule has 1 N–H and O–H groups in total. The Hall–Kier alpha value is -2.21. The van der Waals surface area contributed by atoms with Crippen LogP contribution in [0.3, 0.4) is 0 Å². The zero-order chi connectivity index (χ0) is 22.1. The van der Waals surface area contributed by atoms with Crippen LogP contribution < -0.4 is 10.1 Å². The summed E-state index contributed by atoms with van der Waals surface area (Å²) in [6.07, 6.45) is 4.71. The zero-order valence-electron chi connectivity index (χ0n) is 17.7. The Morgan fingerprint density at radius 2 is 2.03 bits per heavy atom. The van der Waals surface area contributed by atoms with Gasteiger partial charge < -0.3 is 9.47 Å². The maximum atomic E-state index is 12.2. The van der Waals surface area contributed by atoms with E-state index in [2.05, 4.69) is 59.8 Å². The lowest BCUT2D eigenvalue weighted by Gasteiger charge is -2.26. The van der Waals surface area contributed by atoms with Crippen molar-refractivity contribution >= 4 is 40.4 Å². The smallest absolute Gasteiger partial charge is 0.378 e. The summed E-state index contributed by atoms with van der Waals surface area (Å²) < 4.78 is 12.3. The van der Waals surface area contributed by atoms with Crippen molar-refractivity contribution in [3.8, 4) is 5.75 Å². The highest BCUT2D eigenvalue weighted by Gasteiger charge is 2.18. The van der Waals surface area contributed by atoms with Crippen LogP contribution in [0.2, 0.25) is 0 Å². The molecule has 168 valence electrons. The molecule has 0 spiro atoms. The number of methoxy groups -OCH3 is 1. The average Bonchev–Trinajstić information content (AvgIpc) is 3.20. The van der Waals surface area contributed by atoms with Crippen LogP contribution in [-0.2, 0) is 20.6 Å². The molecule has 0 saturated carbocycles. The predicted octanol–water partition coefficient (Wildman–Crippen LogP) is 3.24. The first kappa shape index (κ1) is 23.5. The molecule has 1 aliphatic heterocycles. The normalized spacial score (nSPS) is 14.3. The lowest BCUT2D eigenvalue weighted by molar-refractivity contribution is -0.116. The number of hydrogen-bond donors (Lipinski definition) is 1. The van der Waals surface area contributed by atoms with Gasteiger partial charge in [0.15, 0.2) is 0 Å². The Labute approximate surface area is 195 Å². The number of ether oxygens (including phenoxy) is 2. The highest BCUT2D eigenvalue weighted by Crippen LogP contribution is 2.18. The molecule has 1 aliphatic rings. The maximum Gasteiger partial charge on any atom is 0.378 e. The number of nitrogens with zero attached hydrogens (tertiary/aromatic N) is 4. The summed E-state index contributed by atoms with van der Waals surface area (Å²) >= 11 is 2.07. The highest BCUT2D eigenvalue weighted by molar-refractivity contribution is 14.1. The molecule has 31 heavy (non-hydrogen) atoms. The van der Waals surface area contributed by atoms with E-state index in [9.17, 15) is 9.59 Å². The second-order valence-electron chi connectivity index (χ2n) is 7.35. The number of alkyl halides is 1. The first-order valence-corrected chi connectivity index (χ1v) is 11.9. The highest BCUT2D eigenvalue weighted by atomic mass is 127. The molecule has 0 radical (unpaired) electrons. The van der Waals surface area contributed by atoms with E-state index >= 15 is 0 Å². The van der Waals surface area contributed by atoms with Crippen LogP contribution in [0, 0.1) is 0 Å². The van der Waals surface area contributed by atoms with Gasteiger partial charge in [0.05, 0.1) is 18.3 Å². The molecule has 1 saturated heterocycles. The second-order valence-corrected chi connectivity index (χ2v) is 8.04.